The van der Waals surface area contributed by atoms with Crippen LogP contribution in [0.25, 0.3) is 0 Å². The molecule has 4 atom stereocenters. The van der Waals surface area contributed by atoms with E-state index in [0.29, 0.717) is 13.0 Å². The van der Waals surface area contributed by atoms with Crippen LogP contribution in [0.5, 0.6) is 0 Å². The Labute approximate surface area is 193 Å². The van der Waals surface area contributed by atoms with Gasteiger partial charge in [-0.1, -0.05) is 0 Å². The van der Waals surface area contributed by atoms with E-state index < -0.39 is 91.4 Å². The number of nitrogens with one attached hydrogen (secondary N) is 4. The predicted octanol–water partition coefficient (Wildman–Crippen LogP) is -2.52. The Kier molecular flexibility index (Phi) is 11.4. The highest BCUT2D eigenvalue weighted by atomic mass is 16.4. The summed E-state index contributed by atoms with van der Waals surface area (Å²) in [4.78, 5) is 81.7. The predicted molar refractivity (Wildman–Crippen MR) is 110 cm³/mol. The summed E-state index contributed by atoms with van der Waals surface area (Å²) in [6, 6.07) is -5.43. The maximum atomic E-state index is 12.7. The number of amides is 3. The van der Waals surface area contributed by atoms with Gasteiger partial charge in [0.05, 0.1) is 12.5 Å². The summed E-state index contributed by atoms with van der Waals surface area (Å²) in [7, 11) is 0. The fourth-order valence-electron chi connectivity index (χ4n) is 3.17. The molecule has 0 aromatic rings. The van der Waals surface area contributed by atoms with Gasteiger partial charge in [0.2, 0.25) is 17.7 Å². The largest absolute Gasteiger partial charge is 0.481 e. The molecule has 1 fully saturated rings. The van der Waals surface area contributed by atoms with Crippen LogP contribution >= 0.6 is 0 Å². The van der Waals surface area contributed by atoms with Crippen LogP contribution in [0.1, 0.15) is 44.9 Å². The van der Waals surface area contributed by atoms with Gasteiger partial charge < -0.3 is 41.7 Å². The molecule has 1 aliphatic rings. The number of carbonyl (C=O) groups excluding carboxylic acids is 3. The first kappa shape index (κ1) is 28.3. The van der Waals surface area contributed by atoms with E-state index in [9.17, 15) is 38.7 Å². The number of rotatable bonds is 15. The van der Waals surface area contributed by atoms with Gasteiger partial charge >= 0.3 is 23.9 Å². The molecule has 0 spiro atoms. The molecule has 0 radical (unpaired) electrons. The van der Waals surface area contributed by atoms with Crippen LogP contribution < -0.4 is 21.3 Å². The highest BCUT2D eigenvalue weighted by molar-refractivity contribution is 5.95. The van der Waals surface area contributed by atoms with Gasteiger partial charge in [-0.25, -0.2) is 4.79 Å². The first-order valence-corrected chi connectivity index (χ1v) is 10.4. The second-order valence-corrected chi connectivity index (χ2v) is 7.63. The quantitative estimate of drug-likeness (QED) is 0.119. The Bertz CT molecular complexity index is 810. The average Bonchev–Trinajstić information content (AvgIpc) is 3.27. The van der Waals surface area contributed by atoms with Crippen molar-refractivity contribution in [2.24, 2.45) is 0 Å². The second kappa shape index (κ2) is 13.7. The maximum Gasteiger partial charge on any atom is 0.326 e. The van der Waals surface area contributed by atoms with Gasteiger partial charge in [0.1, 0.15) is 18.1 Å². The molecule has 3 amide bonds. The zero-order chi connectivity index (χ0) is 25.8. The van der Waals surface area contributed by atoms with E-state index >= 15 is 0 Å². The molecule has 0 aromatic heterocycles. The molecule has 1 rings (SSSR count). The van der Waals surface area contributed by atoms with E-state index in [4.69, 9.17) is 15.3 Å². The second-order valence-electron chi connectivity index (χ2n) is 7.63. The monoisotopic (exact) mass is 488 g/mol. The fourth-order valence-corrected chi connectivity index (χ4v) is 3.17. The Hall–Kier alpha value is -3.75. The molecule has 4 unspecified atom stereocenters. The Morgan fingerprint density at radius 1 is 0.735 bits per heavy atom. The average molecular weight is 488 g/mol. The molecule has 0 bridgehead atoms. The number of hydrogen-bond acceptors (Lipinski definition) is 8. The SMILES string of the molecule is O=C(O)CCC(NC(=O)C(CC(=O)O)NC(=O)C(CCC(=O)O)NC(=O)C1CCCN1)C(=O)O. The molecule has 1 saturated heterocycles. The minimum atomic E-state index is -1.77. The Balaban J connectivity index is 2.94. The summed E-state index contributed by atoms with van der Waals surface area (Å²) < 4.78 is 0. The van der Waals surface area contributed by atoms with Crippen molar-refractivity contribution in [3.63, 3.8) is 0 Å². The molecule has 1 heterocycles. The van der Waals surface area contributed by atoms with Crippen molar-refractivity contribution >= 4 is 41.6 Å². The molecule has 15 nitrogen and oxygen atoms in total. The molecule has 190 valence electrons. The minimum Gasteiger partial charge on any atom is -0.481 e. The summed E-state index contributed by atoms with van der Waals surface area (Å²) in [6.07, 6.45) is -1.68. The summed E-state index contributed by atoms with van der Waals surface area (Å²) in [5.41, 5.74) is 0. The van der Waals surface area contributed by atoms with Crippen LogP contribution in [-0.4, -0.2) is 92.7 Å². The fraction of sp³-hybridized carbons (Fsp3) is 0.632. The van der Waals surface area contributed by atoms with Gasteiger partial charge in [0, 0.05) is 12.8 Å². The third kappa shape index (κ3) is 10.2. The highest BCUT2D eigenvalue weighted by Crippen LogP contribution is 2.08. The van der Waals surface area contributed by atoms with Gasteiger partial charge in [0.15, 0.2) is 0 Å². The van der Waals surface area contributed by atoms with Gasteiger partial charge in [-0.3, -0.25) is 28.8 Å². The number of carboxylic acids is 4. The summed E-state index contributed by atoms with van der Waals surface area (Å²) in [6.45, 7) is 0.581. The lowest BCUT2D eigenvalue weighted by molar-refractivity contribution is -0.144. The van der Waals surface area contributed by atoms with Crippen molar-refractivity contribution in [1.82, 2.24) is 21.3 Å². The van der Waals surface area contributed by atoms with Crippen LogP contribution in [0, 0.1) is 0 Å². The topological polar surface area (TPSA) is 249 Å². The first-order chi connectivity index (χ1) is 15.9. The molecule has 0 aliphatic carbocycles. The number of hydrogen-bond donors (Lipinski definition) is 8. The lowest BCUT2D eigenvalue weighted by Crippen LogP contribution is -2.57. The van der Waals surface area contributed by atoms with Crippen LogP contribution in [-0.2, 0) is 33.6 Å². The molecule has 8 N–H and O–H groups in total. The van der Waals surface area contributed by atoms with Crippen molar-refractivity contribution in [3.05, 3.63) is 0 Å². The van der Waals surface area contributed by atoms with Crippen LogP contribution in [0.3, 0.4) is 0 Å². The molecular weight excluding hydrogens is 460 g/mol. The van der Waals surface area contributed by atoms with Crippen molar-refractivity contribution < 1.29 is 54.0 Å². The van der Waals surface area contributed by atoms with Gasteiger partial charge in [-0.2, -0.15) is 0 Å². The van der Waals surface area contributed by atoms with Crippen LogP contribution in [0.15, 0.2) is 0 Å². The van der Waals surface area contributed by atoms with E-state index in [2.05, 4.69) is 16.0 Å². The number of carboxylic acid groups (broad SMARTS) is 4. The van der Waals surface area contributed by atoms with E-state index in [1.807, 2.05) is 5.32 Å². The lowest BCUT2D eigenvalue weighted by atomic mass is 10.1. The molecular formula is C19H28N4O11. The van der Waals surface area contributed by atoms with E-state index in [-0.39, 0.29) is 6.42 Å². The van der Waals surface area contributed by atoms with Gasteiger partial charge in [-0.15, -0.1) is 0 Å². The third-order valence-corrected chi connectivity index (χ3v) is 4.93. The Morgan fingerprint density at radius 2 is 1.26 bits per heavy atom. The van der Waals surface area contributed by atoms with Crippen molar-refractivity contribution in [2.75, 3.05) is 6.54 Å². The summed E-state index contributed by atoms with van der Waals surface area (Å²) in [5.74, 6) is -8.45. The smallest absolute Gasteiger partial charge is 0.326 e. The molecule has 1 aliphatic heterocycles. The van der Waals surface area contributed by atoms with E-state index in [0.717, 1.165) is 6.42 Å². The van der Waals surface area contributed by atoms with E-state index in [1.54, 1.807) is 0 Å². The zero-order valence-corrected chi connectivity index (χ0v) is 18.1. The Morgan fingerprint density at radius 3 is 1.74 bits per heavy atom. The minimum absolute atomic E-state index is 0.350. The zero-order valence-electron chi connectivity index (χ0n) is 18.1. The molecule has 0 aromatic carbocycles. The lowest BCUT2D eigenvalue weighted by Gasteiger charge is -2.24. The number of aliphatic carboxylic acids is 4. The summed E-state index contributed by atoms with van der Waals surface area (Å²) in [5, 5.41) is 45.3. The third-order valence-electron chi connectivity index (χ3n) is 4.93. The number of carbonyl (C=O) groups is 7. The molecule has 34 heavy (non-hydrogen) atoms. The maximum absolute atomic E-state index is 12.7. The van der Waals surface area contributed by atoms with Crippen LogP contribution in [0.2, 0.25) is 0 Å². The van der Waals surface area contributed by atoms with Crippen molar-refractivity contribution in [3.8, 4) is 0 Å². The van der Waals surface area contributed by atoms with E-state index in [1.165, 1.54) is 0 Å². The molecule has 0 saturated carbocycles. The standard InChI is InChI=1S/C19H28N4O11/c24-13(25)5-3-10(21-16(30)9-2-1-7-20-9)17(31)23-12(8-15(28)29)18(32)22-11(19(33)34)4-6-14(26)27/h9-12,20H,1-8H2,(H,21,30)(H,22,32)(H,23,31)(H,24,25)(H,26,27)(H,28,29)(H,33,34). The van der Waals surface area contributed by atoms with Crippen LogP contribution in [0.4, 0.5) is 0 Å². The van der Waals surface area contributed by atoms with Crippen molar-refractivity contribution in [2.45, 2.75) is 69.1 Å². The van der Waals surface area contributed by atoms with Gasteiger partial charge in [-0.05, 0) is 32.2 Å². The normalized spacial score (nSPS) is 17.6. The highest BCUT2D eigenvalue weighted by Gasteiger charge is 2.32. The first-order valence-electron chi connectivity index (χ1n) is 10.4. The summed E-state index contributed by atoms with van der Waals surface area (Å²) >= 11 is 0. The van der Waals surface area contributed by atoms with Gasteiger partial charge in [0.25, 0.3) is 0 Å². The molecule has 15 heteroatoms. The van der Waals surface area contributed by atoms with Crippen molar-refractivity contribution in [1.29, 1.82) is 0 Å².